The number of ether oxygens (including phenoxy) is 1. The van der Waals surface area contributed by atoms with Crippen molar-refractivity contribution in [1.82, 2.24) is 36.4 Å². The lowest BCUT2D eigenvalue weighted by molar-refractivity contribution is -0.145. The van der Waals surface area contributed by atoms with Gasteiger partial charge < -0.3 is 42.0 Å². The van der Waals surface area contributed by atoms with Crippen molar-refractivity contribution in [3.8, 4) is 0 Å². The molecule has 1 aliphatic carbocycles. The van der Waals surface area contributed by atoms with Crippen LogP contribution in [0.3, 0.4) is 0 Å². The highest BCUT2D eigenvalue weighted by atomic mass is 16.6. The van der Waals surface area contributed by atoms with Crippen LogP contribution in [0.15, 0.2) is 0 Å². The quantitative estimate of drug-likeness (QED) is 0.173. The van der Waals surface area contributed by atoms with Gasteiger partial charge in [0.25, 0.3) is 0 Å². The van der Waals surface area contributed by atoms with Gasteiger partial charge in [0, 0.05) is 26.7 Å². The van der Waals surface area contributed by atoms with E-state index in [2.05, 4.69) is 45.3 Å². The van der Waals surface area contributed by atoms with Gasteiger partial charge in [0.1, 0.15) is 29.8 Å². The van der Waals surface area contributed by atoms with Gasteiger partial charge in [0.05, 0.1) is 12.6 Å². The zero-order valence-electron chi connectivity index (χ0n) is 32.8. The molecule has 0 radical (unpaired) electrons. The molecular weight excluding hydrogens is 668 g/mol. The Morgan fingerprint density at radius 1 is 0.827 bits per heavy atom. The molecule has 0 aromatic carbocycles. The maximum atomic E-state index is 14.4. The van der Waals surface area contributed by atoms with Crippen molar-refractivity contribution in [3.05, 3.63) is 0 Å². The molecule has 2 fully saturated rings. The van der Waals surface area contributed by atoms with E-state index in [1.807, 2.05) is 6.92 Å². The van der Waals surface area contributed by atoms with E-state index in [0.29, 0.717) is 45.2 Å². The number of nitrogens with two attached hydrogens (primary N) is 1. The van der Waals surface area contributed by atoms with Crippen molar-refractivity contribution in [1.29, 1.82) is 0 Å². The second-order valence-corrected chi connectivity index (χ2v) is 15.2. The zero-order chi connectivity index (χ0) is 38.8. The summed E-state index contributed by atoms with van der Waals surface area (Å²) in [5.74, 6) is -2.66. The molecule has 1 saturated heterocycles. The number of nitrogens with zero attached hydrogens (tertiary/aromatic N) is 2. The molecule has 52 heavy (non-hydrogen) atoms. The summed E-state index contributed by atoms with van der Waals surface area (Å²) in [5.41, 5.74) is 5.15. The third-order valence-corrected chi connectivity index (χ3v) is 9.79. The van der Waals surface area contributed by atoms with Gasteiger partial charge in [-0.2, -0.15) is 0 Å². The number of rotatable bonds is 12. The smallest absolute Gasteiger partial charge is 0.407 e. The van der Waals surface area contributed by atoms with Gasteiger partial charge in [0.2, 0.25) is 29.5 Å². The molecule has 298 valence electrons. The van der Waals surface area contributed by atoms with Crippen molar-refractivity contribution >= 4 is 35.6 Å². The minimum atomic E-state index is -1.33. The van der Waals surface area contributed by atoms with Crippen molar-refractivity contribution in [3.63, 3.8) is 0 Å². The van der Waals surface area contributed by atoms with Crippen LogP contribution in [-0.2, 0) is 28.7 Å². The Kier molecular flexibility index (Phi) is 19.4. The van der Waals surface area contributed by atoms with Crippen LogP contribution in [0.1, 0.15) is 119 Å². The molecule has 0 aromatic heterocycles. The highest BCUT2D eigenvalue weighted by molar-refractivity contribution is 5.96. The van der Waals surface area contributed by atoms with E-state index in [4.69, 9.17) is 10.5 Å². The first-order valence-electron chi connectivity index (χ1n) is 19.5. The Morgan fingerprint density at radius 2 is 1.48 bits per heavy atom. The van der Waals surface area contributed by atoms with E-state index in [9.17, 15) is 28.8 Å². The number of unbranched alkanes of at least 4 members (excludes halogenated alkanes) is 2. The Labute approximate surface area is 311 Å². The molecule has 1 saturated carbocycles. The van der Waals surface area contributed by atoms with Gasteiger partial charge in [-0.3, -0.25) is 28.9 Å². The second-order valence-electron chi connectivity index (χ2n) is 15.2. The maximum absolute atomic E-state index is 14.4. The fourth-order valence-corrected chi connectivity index (χ4v) is 6.84. The Bertz CT molecular complexity index is 1170. The van der Waals surface area contributed by atoms with E-state index < -0.39 is 65.5 Å². The largest absolute Gasteiger partial charge is 0.444 e. The molecule has 6 amide bonds. The highest BCUT2D eigenvalue weighted by Gasteiger charge is 2.39. The third kappa shape index (κ3) is 14.5. The number of hydrogen-bond acceptors (Lipinski definition) is 9. The predicted molar refractivity (Wildman–Crippen MR) is 200 cm³/mol. The van der Waals surface area contributed by atoms with Crippen LogP contribution < -0.4 is 32.3 Å². The lowest BCUT2D eigenvalue weighted by Gasteiger charge is -2.37. The lowest BCUT2D eigenvalue weighted by Crippen LogP contribution is -2.63. The Balaban J connectivity index is 2.60. The summed E-state index contributed by atoms with van der Waals surface area (Å²) in [4.78, 5) is 86.1. The summed E-state index contributed by atoms with van der Waals surface area (Å²) in [6.45, 7) is 11.8. The minimum Gasteiger partial charge on any atom is -0.444 e. The summed E-state index contributed by atoms with van der Waals surface area (Å²) in [5, 5.41) is 13.8. The number of carbonyl (C=O) groups excluding carboxylic acids is 6. The van der Waals surface area contributed by atoms with Gasteiger partial charge in [-0.05, 0) is 65.3 Å². The maximum Gasteiger partial charge on any atom is 0.407 e. The van der Waals surface area contributed by atoms with Gasteiger partial charge in [0.15, 0.2) is 0 Å². The molecule has 0 bridgehead atoms. The van der Waals surface area contributed by atoms with E-state index in [1.165, 1.54) is 4.90 Å². The summed E-state index contributed by atoms with van der Waals surface area (Å²) in [7, 11) is 1.66. The predicted octanol–water partition coefficient (Wildman–Crippen LogP) is 1.92. The van der Waals surface area contributed by atoms with Crippen LogP contribution in [0.25, 0.3) is 0 Å². The lowest BCUT2D eigenvalue weighted by atomic mass is 9.83. The van der Waals surface area contributed by atoms with Gasteiger partial charge in [-0.15, -0.1) is 0 Å². The summed E-state index contributed by atoms with van der Waals surface area (Å²) in [6.07, 6.45) is 8.41. The average molecular weight is 737 g/mol. The second kappa shape index (κ2) is 22.6. The normalized spacial score (nSPS) is 25.7. The van der Waals surface area contributed by atoms with Crippen LogP contribution in [0.4, 0.5) is 4.79 Å². The number of alkyl carbamates (subject to hydrolysis) is 1. The molecule has 15 nitrogen and oxygen atoms in total. The number of hydrogen-bond donors (Lipinski definition) is 6. The van der Waals surface area contributed by atoms with Crippen LogP contribution in [0, 0.1) is 5.92 Å². The topological polar surface area (TPSA) is 204 Å². The summed E-state index contributed by atoms with van der Waals surface area (Å²) < 4.78 is 5.34. The molecule has 2 aliphatic rings. The molecule has 2 rings (SSSR count). The van der Waals surface area contributed by atoms with E-state index in [-0.39, 0.29) is 31.5 Å². The van der Waals surface area contributed by atoms with Crippen molar-refractivity contribution in [2.24, 2.45) is 11.7 Å². The molecule has 5 unspecified atom stereocenters. The number of carbonyl (C=O) groups is 6. The zero-order valence-corrected chi connectivity index (χ0v) is 32.8. The number of nitrogens with one attached hydrogen (secondary N) is 5. The van der Waals surface area contributed by atoms with Gasteiger partial charge in [-0.25, -0.2) is 4.79 Å². The minimum absolute atomic E-state index is 0.176. The van der Waals surface area contributed by atoms with Crippen LogP contribution in [-0.4, -0.2) is 121 Å². The molecule has 1 aliphatic heterocycles. The SMILES string of the molecule is CCCCC1C(=O)N(C)C(CCC)C(=O)NC(C2CCCCC2)C(=O)NC(CNC(=O)OC(C)(C)C)C(=O)NC(CN)C(=O)NCCN1CCCC. The number of likely N-dealkylation sites (N-methyl/N-ethyl adjacent to an activating group) is 1. The third-order valence-electron chi connectivity index (χ3n) is 9.79. The summed E-state index contributed by atoms with van der Waals surface area (Å²) in [6, 6.07) is -4.81. The molecule has 0 spiro atoms. The first kappa shape index (κ1) is 44.7. The molecule has 7 N–H and O–H groups in total. The summed E-state index contributed by atoms with van der Waals surface area (Å²) >= 11 is 0. The molecule has 5 atom stereocenters. The molecular formula is C37H68N8O7. The Hall–Kier alpha value is -3.46. The Morgan fingerprint density at radius 3 is 2.08 bits per heavy atom. The van der Waals surface area contributed by atoms with E-state index >= 15 is 0 Å². The van der Waals surface area contributed by atoms with E-state index in [0.717, 1.165) is 44.9 Å². The average Bonchev–Trinajstić information content (AvgIpc) is 3.10. The van der Waals surface area contributed by atoms with Gasteiger partial charge >= 0.3 is 6.09 Å². The van der Waals surface area contributed by atoms with Crippen LogP contribution >= 0.6 is 0 Å². The number of amides is 6. The first-order chi connectivity index (χ1) is 24.7. The molecule has 15 heteroatoms. The van der Waals surface area contributed by atoms with Crippen molar-refractivity contribution in [2.45, 2.75) is 154 Å². The van der Waals surface area contributed by atoms with Crippen LogP contribution in [0.5, 0.6) is 0 Å². The molecule has 1 heterocycles. The first-order valence-corrected chi connectivity index (χ1v) is 19.5. The highest BCUT2D eigenvalue weighted by Crippen LogP contribution is 2.27. The van der Waals surface area contributed by atoms with Crippen LogP contribution in [0.2, 0.25) is 0 Å². The van der Waals surface area contributed by atoms with Gasteiger partial charge in [-0.1, -0.05) is 65.7 Å². The fraction of sp³-hybridized carbons (Fsp3) is 0.838. The fourth-order valence-electron chi connectivity index (χ4n) is 6.84. The monoisotopic (exact) mass is 737 g/mol. The molecule has 0 aromatic rings. The van der Waals surface area contributed by atoms with Crippen molar-refractivity contribution in [2.75, 3.05) is 39.8 Å². The standard InChI is InChI=1S/C37H68N8O7/c1-8-11-19-29-35(50)44(7)28(16-10-3)33(48)43-30(25-17-14-13-15-18-25)34(49)42-27(24-40-36(51)52-37(4,5)6)32(47)41-26(23-38)31(46)39-20-22-45(29)21-12-9-2/h25-30H,8-24,38H2,1-7H3,(H,39,46)(H,40,51)(H,41,47)(H,42,49)(H,43,48). The van der Waals surface area contributed by atoms with Crippen molar-refractivity contribution < 1.29 is 33.5 Å². The van der Waals surface area contributed by atoms with E-state index in [1.54, 1.807) is 27.8 Å².